The SMILES string of the molecule is Cc1ccc(C2=CC(c3ccccc3O)NC3(CCN(C(C)C)CC3)N2)cc1. The molecule has 0 aliphatic carbocycles. The summed E-state index contributed by atoms with van der Waals surface area (Å²) >= 11 is 0. The maximum atomic E-state index is 10.5. The molecule has 4 heteroatoms. The van der Waals surface area contributed by atoms with Crippen LogP contribution in [0.3, 0.4) is 0 Å². The summed E-state index contributed by atoms with van der Waals surface area (Å²) in [6, 6.07) is 16.9. The number of aromatic hydroxyl groups is 1. The lowest BCUT2D eigenvalue weighted by Gasteiger charge is -2.49. The summed E-state index contributed by atoms with van der Waals surface area (Å²) in [6.45, 7) is 8.77. The van der Waals surface area contributed by atoms with Gasteiger partial charge in [-0.25, -0.2) is 0 Å². The van der Waals surface area contributed by atoms with Crippen molar-refractivity contribution in [1.29, 1.82) is 0 Å². The Morgan fingerprint density at radius 1 is 1.04 bits per heavy atom. The molecule has 2 aliphatic rings. The van der Waals surface area contributed by atoms with Crippen LogP contribution in [0.5, 0.6) is 5.75 Å². The summed E-state index contributed by atoms with van der Waals surface area (Å²) in [5.74, 6) is 0.344. The number of nitrogens with one attached hydrogen (secondary N) is 2. The molecule has 0 bridgehead atoms. The highest BCUT2D eigenvalue weighted by Crippen LogP contribution is 2.36. The van der Waals surface area contributed by atoms with Gasteiger partial charge in [0.05, 0.1) is 11.7 Å². The number of benzene rings is 2. The first kappa shape index (κ1) is 19.0. The molecule has 1 spiro atoms. The lowest BCUT2D eigenvalue weighted by Crippen LogP contribution is -2.64. The van der Waals surface area contributed by atoms with E-state index in [1.165, 1.54) is 11.1 Å². The van der Waals surface area contributed by atoms with E-state index in [1.54, 1.807) is 6.07 Å². The molecular formula is C24H31N3O. The number of piperidine rings is 1. The highest BCUT2D eigenvalue weighted by molar-refractivity contribution is 5.67. The van der Waals surface area contributed by atoms with E-state index >= 15 is 0 Å². The first-order chi connectivity index (χ1) is 13.5. The number of hydrogen-bond donors (Lipinski definition) is 3. The fourth-order valence-corrected chi connectivity index (χ4v) is 4.35. The number of aryl methyl sites for hydroxylation is 1. The van der Waals surface area contributed by atoms with Crippen molar-refractivity contribution in [3.05, 3.63) is 71.3 Å². The predicted molar refractivity (Wildman–Crippen MR) is 115 cm³/mol. The number of phenols is 1. The molecule has 148 valence electrons. The molecule has 2 aromatic rings. The van der Waals surface area contributed by atoms with Crippen LogP contribution in [0.4, 0.5) is 0 Å². The zero-order valence-electron chi connectivity index (χ0n) is 17.1. The van der Waals surface area contributed by atoms with Crippen LogP contribution in [-0.2, 0) is 0 Å². The van der Waals surface area contributed by atoms with Gasteiger partial charge in [-0.15, -0.1) is 0 Å². The third-order valence-corrected chi connectivity index (χ3v) is 6.16. The molecule has 0 amide bonds. The second-order valence-corrected chi connectivity index (χ2v) is 8.46. The van der Waals surface area contributed by atoms with Crippen molar-refractivity contribution in [1.82, 2.24) is 15.5 Å². The molecule has 4 rings (SSSR count). The Bertz CT molecular complexity index is 848. The molecule has 4 nitrogen and oxygen atoms in total. The summed E-state index contributed by atoms with van der Waals surface area (Å²) in [4.78, 5) is 2.54. The molecule has 1 atom stereocenters. The molecule has 28 heavy (non-hydrogen) atoms. The number of para-hydroxylation sites is 1. The first-order valence-electron chi connectivity index (χ1n) is 10.3. The summed E-state index contributed by atoms with van der Waals surface area (Å²) in [7, 11) is 0. The molecule has 0 aromatic heterocycles. The molecule has 0 radical (unpaired) electrons. The second-order valence-electron chi connectivity index (χ2n) is 8.46. The van der Waals surface area contributed by atoms with Crippen LogP contribution in [0, 0.1) is 6.92 Å². The van der Waals surface area contributed by atoms with E-state index in [1.807, 2.05) is 18.2 Å². The van der Waals surface area contributed by atoms with Gasteiger partial charge in [0.15, 0.2) is 0 Å². The lowest BCUT2D eigenvalue weighted by molar-refractivity contribution is 0.0907. The topological polar surface area (TPSA) is 47.5 Å². The van der Waals surface area contributed by atoms with Gasteiger partial charge in [0.2, 0.25) is 0 Å². The normalized spacial score (nSPS) is 22.1. The van der Waals surface area contributed by atoms with Gasteiger partial charge in [0, 0.05) is 30.4 Å². The Balaban J connectivity index is 1.69. The van der Waals surface area contributed by atoms with Gasteiger partial charge in [0.1, 0.15) is 5.75 Å². The van der Waals surface area contributed by atoms with Gasteiger partial charge in [-0.05, 0) is 51.3 Å². The summed E-state index contributed by atoms with van der Waals surface area (Å²) in [5.41, 5.74) is 4.37. The van der Waals surface area contributed by atoms with Gasteiger partial charge in [-0.1, -0.05) is 48.0 Å². The molecule has 1 unspecified atom stereocenters. The van der Waals surface area contributed by atoms with E-state index < -0.39 is 0 Å². The third-order valence-electron chi connectivity index (χ3n) is 6.16. The largest absolute Gasteiger partial charge is 0.508 e. The van der Waals surface area contributed by atoms with Crippen molar-refractivity contribution in [2.24, 2.45) is 0 Å². The van der Waals surface area contributed by atoms with E-state index in [9.17, 15) is 5.11 Å². The minimum absolute atomic E-state index is 0.0237. The van der Waals surface area contributed by atoms with Crippen LogP contribution >= 0.6 is 0 Å². The van der Waals surface area contributed by atoms with Crippen molar-refractivity contribution in [3.8, 4) is 5.75 Å². The second kappa shape index (κ2) is 7.61. The fourth-order valence-electron chi connectivity index (χ4n) is 4.35. The Kier molecular flexibility index (Phi) is 5.17. The number of rotatable bonds is 3. The molecule has 0 saturated carbocycles. The van der Waals surface area contributed by atoms with Crippen LogP contribution in [0.15, 0.2) is 54.6 Å². The van der Waals surface area contributed by atoms with Crippen molar-refractivity contribution in [2.75, 3.05) is 13.1 Å². The number of phenolic OH excluding ortho intramolecular Hbond substituents is 1. The molecule has 1 fully saturated rings. The van der Waals surface area contributed by atoms with Crippen molar-refractivity contribution in [2.45, 2.75) is 51.4 Å². The average molecular weight is 378 g/mol. The van der Waals surface area contributed by atoms with Gasteiger partial charge < -0.3 is 15.3 Å². The van der Waals surface area contributed by atoms with Crippen molar-refractivity contribution < 1.29 is 5.11 Å². The van der Waals surface area contributed by atoms with Crippen molar-refractivity contribution in [3.63, 3.8) is 0 Å². The zero-order valence-corrected chi connectivity index (χ0v) is 17.1. The van der Waals surface area contributed by atoms with Gasteiger partial charge in [-0.2, -0.15) is 0 Å². The molecule has 2 aliphatic heterocycles. The van der Waals surface area contributed by atoms with Gasteiger partial charge >= 0.3 is 0 Å². The van der Waals surface area contributed by atoms with E-state index in [4.69, 9.17) is 0 Å². The van der Waals surface area contributed by atoms with Crippen molar-refractivity contribution >= 4 is 5.70 Å². The van der Waals surface area contributed by atoms with E-state index in [2.05, 4.69) is 66.6 Å². The maximum Gasteiger partial charge on any atom is 0.120 e. The van der Waals surface area contributed by atoms with E-state index in [-0.39, 0.29) is 11.7 Å². The molecule has 1 saturated heterocycles. The zero-order chi connectivity index (χ0) is 19.7. The minimum Gasteiger partial charge on any atom is -0.508 e. The Morgan fingerprint density at radius 2 is 1.71 bits per heavy atom. The average Bonchev–Trinajstić information content (AvgIpc) is 2.69. The first-order valence-corrected chi connectivity index (χ1v) is 10.3. The number of hydrogen-bond acceptors (Lipinski definition) is 4. The lowest BCUT2D eigenvalue weighted by atomic mass is 9.88. The predicted octanol–water partition coefficient (Wildman–Crippen LogP) is 4.18. The fraction of sp³-hybridized carbons (Fsp3) is 0.417. The Morgan fingerprint density at radius 3 is 2.36 bits per heavy atom. The standard InChI is InChI=1S/C24H31N3O/c1-17(2)27-14-12-24(13-15-27)25-21(19-10-8-18(3)9-11-19)16-22(26-24)20-6-4-5-7-23(20)28/h4-11,16-17,22,25-26,28H,12-15H2,1-3H3. The molecule has 2 aromatic carbocycles. The smallest absolute Gasteiger partial charge is 0.120 e. The number of nitrogens with zero attached hydrogens (tertiary/aromatic N) is 1. The van der Waals surface area contributed by atoms with Crippen LogP contribution in [0.25, 0.3) is 5.70 Å². The Labute approximate surface area is 168 Å². The summed E-state index contributed by atoms with van der Waals surface area (Å²) < 4.78 is 0. The minimum atomic E-state index is -0.159. The third kappa shape index (κ3) is 3.80. The molecule has 2 heterocycles. The monoisotopic (exact) mass is 377 g/mol. The highest BCUT2D eigenvalue weighted by atomic mass is 16.3. The van der Waals surface area contributed by atoms with E-state index in [0.717, 1.165) is 37.2 Å². The maximum absolute atomic E-state index is 10.5. The van der Waals surface area contributed by atoms with Crippen LogP contribution in [0.2, 0.25) is 0 Å². The number of likely N-dealkylation sites (tertiary alicyclic amines) is 1. The van der Waals surface area contributed by atoms with Gasteiger partial charge in [-0.3, -0.25) is 5.32 Å². The molecular weight excluding hydrogens is 346 g/mol. The van der Waals surface area contributed by atoms with Crippen LogP contribution in [-0.4, -0.2) is 34.8 Å². The Hall–Kier alpha value is -2.30. The van der Waals surface area contributed by atoms with Crippen LogP contribution in [0.1, 0.15) is 49.4 Å². The summed E-state index contributed by atoms with van der Waals surface area (Å²) in [5, 5.41) is 18.1. The quantitative estimate of drug-likeness (QED) is 0.751. The molecule has 3 N–H and O–H groups in total. The highest BCUT2D eigenvalue weighted by Gasteiger charge is 2.40. The summed E-state index contributed by atoms with van der Waals surface area (Å²) in [6.07, 6.45) is 4.26. The van der Waals surface area contributed by atoms with Crippen LogP contribution < -0.4 is 10.6 Å². The van der Waals surface area contributed by atoms with E-state index in [0.29, 0.717) is 11.8 Å². The van der Waals surface area contributed by atoms with Gasteiger partial charge in [0.25, 0.3) is 0 Å².